The molecule has 0 amide bonds. The van der Waals surface area contributed by atoms with Gasteiger partial charge in [-0.25, -0.2) is 4.79 Å². The van der Waals surface area contributed by atoms with E-state index in [1.54, 1.807) is 6.92 Å². The first kappa shape index (κ1) is 16.7. The summed E-state index contributed by atoms with van der Waals surface area (Å²) in [7, 11) is 0. The predicted molar refractivity (Wildman–Crippen MR) is 69.9 cm³/mol. The number of ether oxygens (including phenoxy) is 1. The van der Waals surface area contributed by atoms with E-state index in [-0.39, 0.29) is 35.3 Å². The van der Waals surface area contributed by atoms with E-state index < -0.39 is 17.7 Å². The fraction of sp³-hybridized carbons (Fsp3) is 0.385. The number of carbonyl (C=O) groups excluding carboxylic acids is 2. The van der Waals surface area contributed by atoms with Gasteiger partial charge in [-0.1, -0.05) is 15.9 Å². The van der Waals surface area contributed by atoms with E-state index in [0.29, 0.717) is 0 Å². The summed E-state index contributed by atoms with van der Waals surface area (Å²) in [5.74, 6) is -1.12. The molecule has 7 heteroatoms. The van der Waals surface area contributed by atoms with E-state index in [9.17, 15) is 22.8 Å². The number of esters is 1. The number of carbonyl (C=O) groups is 2. The van der Waals surface area contributed by atoms with E-state index in [2.05, 4.69) is 20.7 Å². The first-order valence-electron chi connectivity index (χ1n) is 5.74. The van der Waals surface area contributed by atoms with Crippen molar-refractivity contribution in [3.63, 3.8) is 0 Å². The lowest BCUT2D eigenvalue weighted by atomic mass is 10.0. The molecule has 0 fully saturated rings. The van der Waals surface area contributed by atoms with Gasteiger partial charge in [0.05, 0.1) is 23.1 Å². The highest BCUT2D eigenvalue weighted by atomic mass is 79.9. The summed E-state index contributed by atoms with van der Waals surface area (Å²) in [6.45, 7) is 1.62. The monoisotopic (exact) mass is 352 g/mol. The minimum Gasteiger partial charge on any atom is -0.462 e. The van der Waals surface area contributed by atoms with Crippen molar-refractivity contribution < 1.29 is 27.5 Å². The van der Waals surface area contributed by atoms with Crippen LogP contribution in [-0.4, -0.2) is 23.7 Å². The third kappa shape index (κ3) is 4.63. The number of alkyl halides is 4. The van der Waals surface area contributed by atoms with Gasteiger partial charge < -0.3 is 4.74 Å². The number of hydrogen-bond acceptors (Lipinski definition) is 3. The highest BCUT2D eigenvalue weighted by molar-refractivity contribution is 9.09. The van der Waals surface area contributed by atoms with Gasteiger partial charge in [0.15, 0.2) is 0 Å². The van der Waals surface area contributed by atoms with Crippen LogP contribution in [-0.2, 0) is 22.1 Å². The Morgan fingerprint density at radius 2 is 1.90 bits per heavy atom. The maximum Gasteiger partial charge on any atom is 0.416 e. The van der Waals surface area contributed by atoms with Crippen molar-refractivity contribution in [3.8, 4) is 0 Å². The Hall–Kier alpha value is -1.37. The normalized spacial score (nSPS) is 11.2. The van der Waals surface area contributed by atoms with Gasteiger partial charge in [-0.05, 0) is 30.7 Å². The van der Waals surface area contributed by atoms with Crippen LogP contribution in [0, 0.1) is 0 Å². The highest BCUT2D eigenvalue weighted by Gasteiger charge is 2.32. The molecule has 1 aromatic carbocycles. The zero-order chi connectivity index (χ0) is 15.3. The Bertz CT molecular complexity index is 512. The van der Waals surface area contributed by atoms with Crippen molar-refractivity contribution in [2.45, 2.75) is 19.5 Å². The molecule has 0 bridgehead atoms. The fourth-order valence-corrected chi connectivity index (χ4v) is 1.76. The maximum absolute atomic E-state index is 12.8. The van der Waals surface area contributed by atoms with Crippen LogP contribution in [0.15, 0.2) is 18.2 Å². The number of hydrogen-bond donors (Lipinski definition) is 0. The first-order chi connectivity index (χ1) is 9.27. The molecule has 1 aromatic rings. The van der Waals surface area contributed by atoms with Crippen LogP contribution in [0.5, 0.6) is 0 Å². The van der Waals surface area contributed by atoms with E-state index in [0.717, 1.165) is 12.1 Å². The molecular formula is C13H12BrF3O3. The largest absolute Gasteiger partial charge is 0.462 e. The molecule has 0 saturated carbocycles. The van der Waals surface area contributed by atoms with Crippen LogP contribution in [0.1, 0.15) is 28.4 Å². The Labute approximate surface area is 122 Å². The van der Waals surface area contributed by atoms with Gasteiger partial charge in [-0.15, -0.1) is 0 Å². The minimum atomic E-state index is -4.59. The standard InChI is InChI=1S/C13H12BrF3O3/c1-2-20-12(19)9-3-8(5-11(18)7-14)4-10(6-9)13(15,16)17/h3-4,6H,2,5,7H2,1H3. The molecular weight excluding hydrogens is 341 g/mol. The summed E-state index contributed by atoms with van der Waals surface area (Å²) in [6, 6.07) is 2.83. The third-order valence-corrected chi connectivity index (χ3v) is 3.01. The Kier molecular flexibility index (Phi) is 5.74. The molecule has 0 radical (unpaired) electrons. The molecule has 1 rings (SSSR count). The van der Waals surface area contributed by atoms with Gasteiger partial charge in [0.25, 0.3) is 0 Å². The van der Waals surface area contributed by atoms with Crippen LogP contribution in [0.3, 0.4) is 0 Å². The number of rotatable bonds is 5. The van der Waals surface area contributed by atoms with Crippen molar-refractivity contribution in [2.75, 3.05) is 11.9 Å². The molecule has 20 heavy (non-hydrogen) atoms. The van der Waals surface area contributed by atoms with Gasteiger partial charge >= 0.3 is 12.1 Å². The van der Waals surface area contributed by atoms with E-state index in [1.807, 2.05) is 0 Å². The van der Waals surface area contributed by atoms with Crippen molar-refractivity contribution in [1.82, 2.24) is 0 Å². The van der Waals surface area contributed by atoms with Crippen LogP contribution in [0.4, 0.5) is 13.2 Å². The maximum atomic E-state index is 12.8. The van der Waals surface area contributed by atoms with Gasteiger partial charge in [0, 0.05) is 6.42 Å². The SMILES string of the molecule is CCOC(=O)c1cc(CC(=O)CBr)cc(C(F)(F)F)c1. The van der Waals surface area contributed by atoms with E-state index in [1.165, 1.54) is 6.07 Å². The van der Waals surface area contributed by atoms with Crippen LogP contribution >= 0.6 is 15.9 Å². The molecule has 0 spiro atoms. The van der Waals surface area contributed by atoms with Crippen molar-refractivity contribution >= 4 is 27.7 Å². The smallest absolute Gasteiger partial charge is 0.416 e. The van der Waals surface area contributed by atoms with Gasteiger partial charge in [-0.2, -0.15) is 13.2 Å². The predicted octanol–water partition coefficient (Wildman–Crippen LogP) is 3.39. The highest BCUT2D eigenvalue weighted by Crippen LogP contribution is 2.31. The average molecular weight is 353 g/mol. The fourth-order valence-electron chi connectivity index (χ4n) is 1.56. The lowest BCUT2D eigenvalue weighted by Gasteiger charge is -2.11. The molecule has 110 valence electrons. The second kappa shape index (κ2) is 6.88. The van der Waals surface area contributed by atoms with E-state index >= 15 is 0 Å². The topological polar surface area (TPSA) is 43.4 Å². The van der Waals surface area contributed by atoms with Crippen molar-refractivity contribution in [3.05, 3.63) is 34.9 Å². The van der Waals surface area contributed by atoms with Gasteiger partial charge in [0.2, 0.25) is 0 Å². The van der Waals surface area contributed by atoms with Crippen molar-refractivity contribution in [2.24, 2.45) is 0 Å². The lowest BCUT2D eigenvalue weighted by Crippen LogP contribution is -2.12. The molecule has 0 aliphatic carbocycles. The summed E-state index contributed by atoms with van der Waals surface area (Å²) in [5, 5.41) is 0.0397. The lowest BCUT2D eigenvalue weighted by molar-refractivity contribution is -0.137. The zero-order valence-electron chi connectivity index (χ0n) is 10.6. The Balaban J connectivity index is 3.21. The number of ketones is 1. The van der Waals surface area contributed by atoms with Crippen LogP contribution < -0.4 is 0 Å². The third-order valence-electron chi connectivity index (χ3n) is 2.38. The molecule has 0 aliphatic rings. The molecule has 0 aromatic heterocycles. The Morgan fingerprint density at radius 1 is 1.25 bits per heavy atom. The molecule has 0 saturated heterocycles. The first-order valence-corrected chi connectivity index (χ1v) is 6.86. The second-order valence-electron chi connectivity index (χ2n) is 3.99. The summed E-state index contributed by atoms with van der Waals surface area (Å²) in [6.07, 6.45) is -4.77. The molecule has 0 N–H and O–H groups in total. The van der Waals surface area contributed by atoms with Gasteiger partial charge in [0.1, 0.15) is 5.78 Å². The molecule has 0 unspecified atom stereocenters. The molecule has 0 aliphatic heterocycles. The zero-order valence-corrected chi connectivity index (χ0v) is 12.2. The summed E-state index contributed by atoms with van der Waals surface area (Å²) >= 11 is 2.94. The van der Waals surface area contributed by atoms with Crippen LogP contribution in [0.2, 0.25) is 0 Å². The van der Waals surface area contributed by atoms with Crippen LogP contribution in [0.25, 0.3) is 0 Å². The quantitative estimate of drug-likeness (QED) is 0.602. The number of halogens is 4. The molecule has 0 heterocycles. The molecule has 0 atom stereocenters. The summed E-state index contributed by atoms with van der Waals surface area (Å²) in [4.78, 5) is 22.9. The molecule has 3 nitrogen and oxygen atoms in total. The second-order valence-corrected chi connectivity index (χ2v) is 4.55. The van der Waals surface area contributed by atoms with Gasteiger partial charge in [-0.3, -0.25) is 4.79 Å². The average Bonchev–Trinajstić information content (AvgIpc) is 2.37. The number of benzene rings is 1. The minimum absolute atomic E-state index is 0.0397. The summed E-state index contributed by atoms with van der Waals surface area (Å²) < 4.78 is 43.0. The van der Waals surface area contributed by atoms with E-state index in [4.69, 9.17) is 0 Å². The number of Topliss-reactive ketones (excluding diaryl/α,β-unsaturated/α-hetero) is 1. The summed E-state index contributed by atoms with van der Waals surface area (Å²) in [5.41, 5.74) is -1.05. The Morgan fingerprint density at radius 3 is 2.40 bits per heavy atom. The van der Waals surface area contributed by atoms with Crippen molar-refractivity contribution in [1.29, 1.82) is 0 Å².